The number of ketones is 2. The molecular weight excluding hydrogens is 386 g/mol. The molecule has 0 fully saturated rings. The zero-order valence-corrected chi connectivity index (χ0v) is 17.0. The Morgan fingerprint density at radius 1 is 0.966 bits per heavy atom. The van der Waals surface area contributed by atoms with E-state index in [0.29, 0.717) is 11.3 Å². The molecule has 29 heavy (non-hydrogen) atoms. The first kappa shape index (κ1) is 19.3. The van der Waals surface area contributed by atoms with Gasteiger partial charge in [0.25, 0.3) is 10.0 Å². The minimum absolute atomic E-state index is 0.0267. The maximum absolute atomic E-state index is 13.6. The van der Waals surface area contributed by atoms with Crippen LogP contribution >= 0.6 is 0 Å². The molecule has 0 radical (unpaired) electrons. The second kappa shape index (κ2) is 7.12. The fourth-order valence-electron chi connectivity index (χ4n) is 4.10. The van der Waals surface area contributed by atoms with Crippen LogP contribution in [0.2, 0.25) is 0 Å². The number of Topliss-reactive ketones (excluding diaryl/α,β-unsaturated/α-hetero) is 2. The molecular formula is C23H21NO4S. The first-order valence-electron chi connectivity index (χ1n) is 9.51. The Bertz CT molecular complexity index is 1180. The normalized spacial score (nSPS) is 20.7. The van der Waals surface area contributed by atoms with Gasteiger partial charge in [0.1, 0.15) is 0 Å². The lowest BCUT2D eigenvalue weighted by molar-refractivity contribution is 0.0798. The van der Waals surface area contributed by atoms with Crippen molar-refractivity contribution in [1.82, 2.24) is 0 Å². The molecule has 2 aliphatic rings. The van der Waals surface area contributed by atoms with Gasteiger partial charge in [0.05, 0.1) is 22.4 Å². The highest BCUT2D eigenvalue weighted by atomic mass is 32.2. The van der Waals surface area contributed by atoms with Crippen molar-refractivity contribution in [3.63, 3.8) is 0 Å². The van der Waals surface area contributed by atoms with Crippen LogP contribution in [0.25, 0.3) is 0 Å². The van der Waals surface area contributed by atoms with E-state index >= 15 is 0 Å². The van der Waals surface area contributed by atoms with E-state index in [1.165, 1.54) is 10.4 Å². The lowest BCUT2D eigenvalue weighted by Gasteiger charge is -2.34. The van der Waals surface area contributed by atoms with Crippen molar-refractivity contribution in [2.24, 2.45) is 11.8 Å². The van der Waals surface area contributed by atoms with Gasteiger partial charge in [0, 0.05) is 17.7 Å². The number of rotatable bonds is 4. The molecule has 2 aromatic rings. The summed E-state index contributed by atoms with van der Waals surface area (Å²) < 4.78 is 28.5. The Morgan fingerprint density at radius 2 is 1.66 bits per heavy atom. The number of nitrogens with zero attached hydrogens (tertiary/aromatic N) is 1. The second-order valence-electron chi connectivity index (χ2n) is 7.24. The summed E-state index contributed by atoms with van der Waals surface area (Å²) in [6.45, 7) is 3.85. The highest BCUT2D eigenvalue weighted by molar-refractivity contribution is 7.96. The second-order valence-corrected chi connectivity index (χ2v) is 9.10. The van der Waals surface area contributed by atoms with Crippen molar-refractivity contribution < 1.29 is 18.0 Å². The first-order chi connectivity index (χ1) is 13.9. The van der Waals surface area contributed by atoms with E-state index in [-0.39, 0.29) is 28.6 Å². The number of anilines is 1. The molecule has 0 spiro atoms. The third kappa shape index (κ3) is 3.04. The summed E-state index contributed by atoms with van der Waals surface area (Å²) in [6, 6.07) is 13.8. The van der Waals surface area contributed by atoms with E-state index in [1.807, 2.05) is 13.0 Å². The SMILES string of the molecule is CCN(c1cccc(C)c1)S(=O)(=O)C1=CC=CC2C(=O)c3ccccc3C(=O)C12. The molecule has 4 rings (SSSR count). The molecule has 0 aliphatic heterocycles. The van der Waals surface area contributed by atoms with Gasteiger partial charge in [0.2, 0.25) is 0 Å². The maximum atomic E-state index is 13.6. The van der Waals surface area contributed by atoms with Gasteiger partial charge in [0.15, 0.2) is 11.6 Å². The predicted molar refractivity (Wildman–Crippen MR) is 112 cm³/mol. The summed E-state index contributed by atoms with van der Waals surface area (Å²) in [7, 11) is -4.00. The number of carbonyl (C=O) groups is 2. The Kier molecular flexibility index (Phi) is 4.74. The van der Waals surface area contributed by atoms with Gasteiger partial charge in [-0.15, -0.1) is 0 Å². The van der Waals surface area contributed by atoms with Crippen molar-refractivity contribution in [3.8, 4) is 0 Å². The lowest BCUT2D eigenvalue weighted by atomic mass is 9.72. The van der Waals surface area contributed by atoms with Gasteiger partial charge in [-0.05, 0) is 37.6 Å². The van der Waals surface area contributed by atoms with E-state index in [4.69, 9.17) is 0 Å². The number of aryl methyl sites for hydroxylation is 1. The minimum atomic E-state index is -4.00. The van der Waals surface area contributed by atoms with Gasteiger partial charge in [-0.1, -0.05) is 48.6 Å². The minimum Gasteiger partial charge on any atom is -0.293 e. The molecule has 6 heteroatoms. The smallest absolute Gasteiger partial charge is 0.261 e. The number of allylic oxidation sites excluding steroid dienone is 4. The molecule has 2 aromatic carbocycles. The number of hydrogen-bond acceptors (Lipinski definition) is 4. The molecule has 0 saturated carbocycles. The van der Waals surface area contributed by atoms with Crippen LogP contribution in [0.5, 0.6) is 0 Å². The molecule has 0 amide bonds. The molecule has 2 aliphatic carbocycles. The summed E-state index contributed by atoms with van der Waals surface area (Å²) >= 11 is 0. The largest absolute Gasteiger partial charge is 0.293 e. The average molecular weight is 407 g/mol. The zero-order valence-electron chi connectivity index (χ0n) is 16.2. The summed E-state index contributed by atoms with van der Waals surface area (Å²) in [6.07, 6.45) is 4.65. The fourth-order valence-corrected chi connectivity index (χ4v) is 5.91. The molecule has 5 nitrogen and oxygen atoms in total. The standard InChI is InChI=1S/C23H21NO4S/c1-3-24(16-9-6-8-15(2)14-16)29(27,28)20-13-7-12-19-21(20)23(26)18-11-5-4-10-17(18)22(19)25/h4-14,19,21H,3H2,1-2H3. The highest BCUT2D eigenvalue weighted by Crippen LogP contribution is 2.41. The van der Waals surface area contributed by atoms with Crippen LogP contribution in [-0.2, 0) is 10.0 Å². The van der Waals surface area contributed by atoms with E-state index in [0.717, 1.165) is 5.56 Å². The molecule has 0 N–H and O–H groups in total. The average Bonchev–Trinajstić information content (AvgIpc) is 2.72. The van der Waals surface area contributed by atoms with Crippen LogP contribution in [0.1, 0.15) is 33.2 Å². The Balaban J connectivity index is 1.83. The van der Waals surface area contributed by atoms with E-state index in [2.05, 4.69) is 0 Å². The molecule has 0 saturated heterocycles. The zero-order chi connectivity index (χ0) is 20.8. The lowest BCUT2D eigenvalue weighted by Crippen LogP contribution is -2.43. The first-order valence-corrected chi connectivity index (χ1v) is 11.0. The van der Waals surface area contributed by atoms with Crippen LogP contribution in [-0.4, -0.2) is 26.5 Å². The summed E-state index contributed by atoms with van der Waals surface area (Å²) in [4.78, 5) is 26.2. The van der Waals surface area contributed by atoms with Crippen molar-refractivity contribution in [1.29, 1.82) is 0 Å². The number of hydrogen-bond donors (Lipinski definition) is 0. The Hall–Kier alpha value is -2.99. The van der Waals surface area contributed by atoms with Crippen LogP contribution in [0.4, 0.5) is 5.69 Å². The number of sulfonamides is 1. The number of fused-ring (bicyclic) bond motifs is 2. The van der Waals surface area contributed by atoms with E-state index < -0.39 is 21.9 Å². The van der Waals surface area contributed by atoms with E-state index in [1.54, 1.807) is 61.5 Å². The molecule has 2 atom stereocenters. The monoisotopic (exact) mass is 407 g/mol. The van der Waals surface area contributed by atoms with Gasteiger partial charge in [-0.3, -0.25) is 13.9 Å². The summed E-state index contributed by atoms with van der Waals surface area (Å²) in [5.74, 6) is -2.39. The molecule has 0 heterocycles. The molecule has 148 valence electrons. The van der Waals surface area contributed by atoms with Crippen molar-refractivity contribution >= 4 is 27.3 Å². The Morgan fingerprint density at radius 3 is 2.31 bits per heavy atom. The maximum Gasteiger partial charge on any atom is 0.261 e. The van der Waals surface area contributed by atoms with Crippen molar-refractivity contribution in [2.75, 3.05) is 10.8 Å². The Labute approximate surface area is 170 Å². The van der Waals surface area contributed by atoms with Crippen molar-refractivity contribution in [3.05, 3.63) is 88.4 Å². The van der Waals surface area contributed by atoms with Crippen LogP contribution in [0.3, 0.4) is 0 Å². The highest BCUT2D eigenvalue weighted by Gasteiger charge is 2.47. The third-order valence-corrected chi connectivity index (χ3v) is 7.49. The van der Waals surface area contributed by atoms with E-state index in [9.17, 15) is 18.0 Å². The van der Waals surface area contributed by atoms with Gasteiger partial charge in [-0.2, -0.15) is 0 Å². The quantitative estimate of drug-likeness (QED) is 0.770. The summed E-state index contributed by atoms with van der Waals surface area (Å²) in [5, 5.41) is 0. The van der Waals surface area contributed by atoms with Crippen LogP contribution < -0.4 is 4.31 Å². The van der Waals surface area contributed by atoms with Crippen LogP contribution in [0.15, 0.2) is 71.7 Å². The molecule has 2 unspecified atom stereocenters. The fraction of sp³-hybridized carbons (Fsp3) is 0.217. The topological polar surface area (TPSA) is 71.5 Å². The predicted octanol–water partition coefficient (Wildman–Crippen LogP) is 3.92. The summed E-state index contributed by atoms with van der Waals surface area (Å²) in [5.41, 5.74) is 2.11. The number of benzene rings is 2. The van der Waals surface area contributed by atoms with Gasteiger partial charge < -0.3 is 0 Å². The molecule has 0 aromatic heterocycles. The van der Waals surface area contributed by atoms with Gasteiger partial charge in [-0.25, -0.2) is 8.42 Å². The molecule has 0 bridgehead atoms. The third-order valence-electron chi connectivity index (χ3n) is 5.45. The van der Waals surface area contributed by atoms with Gasteiger partial charge >= 0.3 is 0 Å². The number of carbonyl (C=O) groups excluding carboxylic acids is 2. The van der Waals surface area contributed by atoms with Crippen LogP contribution in [0, 0.1) is 18.8 Å². The van der Waals surface area contributed by atoms with Crippen molar-refractivity contribution in [2.45, 2.75) is 13.8 Å².